The summed E-state index contributed by atoms with van der Waals surface area (Å²) in [6.45, 7) is 4.09. The zero-order chi connectivity index (χ0) is 17.4. The predicted molar refractivity (Wildman–Crippen MR) is 93.5 cm³/mol. The second-order valence-corrected chi connectivity index (χ2v) is 6.74. The molecule has 128 valence electrons. The summed E-state index contributed by atoms with van der Waals surface area (Å²) in [5.74, 6) is 1.21. The fraction of sp³-hybridized carbons (Fsp3) is 0.368. The third-order valence-electron chi connectivity index (χ3n) is 4.77. The highest BCUT2D eigenvalue weighted by Crippen LogP contribution is 2.30. The van der Waals surface area contributed by atoms with Gasteiger partial charge in [0, 0.05) is 17.6 Å². The Kier molecular flexibility index (Phi) is 3.95. The molecule has 3 aromatic rings. The van der Waals surface area contributed by atoms with Gasteiger partial charge < -0.3 is 9.51 Å². The monoisotopic (exact) mass is 336 g/mol. The third-order valence-corrected chi connectivity index (χ3v) is 4.77. The molecule has 4 rings (SSSR count). The summed E-state index contributed by atoms with van der Waals surface area (Å²) in [7, 11) is 0. The molecule has 0 amide bonds. The molecule has 3 heterocycles. The maximum Gasteiger partial charge on any atom is 0.259 e. The molecule has 1 aliphatic rings. The Morgan fingerprint density at radius 1 is 1.36 bits per heavy atom. The molecule has 1 atom stereocenters. The zero-order valence-corrected chi connectivity index (χ0v) is 14.4. The van der Waals surface area contributed by atoms with Crippen LogP contribution in [0.15, 0.2) is 33.7 Å². The molecular weight excluding hydrogens is 316 g/mol. The van der Waals surface area contributed by atoms with Crippen molar-refractivity contribution < 1.29 is 4.52 Å². The number of aryl methyl sites for hydroxylation is 2. The lowest BCUT2D eigenvalue weighted by Gasteiger charge is -2.21. The number of hydrogen-bond acceptors (Lipinski definition) is 5. The highest BCUT2D eigenvalue weighted by Gasteiger charge is 2.21. The lowest BCUT2D eigenvalue weighted by atomic mass is 9.87. The van der Waals surface area contributed by atoms with Gasteiger partial charge in [0.1, 0.15) is 0 Å². The molecule has 3 aromatic heterocycles. The smallest absolute Gasteiger partial charge is 0.259 e. The first-order chi connectivity index (χ1) is 12.1. The van der Waals surface area contributed by atoms with E-state index in [1.54, 1.807) is 6.20 Å². The van der Waals surface area contributed by atoms with E-state index in [4.69, 9.17) is 4.52 Å². The van der Waals surface area contributed by atoms with Crippen molar-refractivity contribution in [3.05, 3.63) is 63.2 Å². The highest BCUT2D eigenvalue weighted by atomic mass is 16.5. The van der Waals surface area contributed by atoms with Gasteiger partial charge in [-0.3, -0.25) is 9.78 Å². The molecule has 0 bridgehead atoms. The van der Waals surface area contributed by atoms with E-state index in [9.17, 15) is 4.79 Å². The molecule has 0 saturated carbocycles. The average molecular weight is 336 g/mol. The highest BCUT2D eigenvalue weighted by molar-refractivity contribution is 5.55. The van der Waals surface area contributed by atoms with Crippen molar-refractivity contribution in [2.75, 3.05) is 0 Å². The number of fused-ring (bicyclic) bond motifs is 1. The molecule has 0 saturated heterocycles. The van der Waals surface area contributed by atoms with Crippen LogP contribution in [0.25, 0.3) is 11.4 Å². The molecule has 1 N–H and O–H groups in total. The molecular formula is C19H20N4O2. The lowest BCUT2D eigenvalue weighted by Crippen LogP contribution is -2.19. The molecule has 0 aromatic carbocycles. The predicted octanol–water partition coefficient (Wildman–Crippen LogP) is 3.16. The molecule has 0 radical (unpaired) electrons. The molecule has 6 nitrogen and oxygen atoms in total. The van der Waals surface area contributed by atoms with E-state index in [0.29, 0.717) is 29.6 Å². The Bertz CT molecular complexity index is 956. The molecule has 0 fully saturated rings. The van der Waals surface area contributed by atoms with Gasteiger partial charge in [0.2, 0.25) is 11.7 Å². The lowest BCUT2D eigenvalue weighted by molar-refractivity contribution is 0.385. The number of nitrogens with one attached hydrogen (secondary N) is 1. The van der Waals surface area contributed by atoms with Gasteiger partial charge in [0.15, 0.2) is 0 Å². The van der Waals surface area contributed by atoms with E-state index < -0.39 is 0 Å². The Morgan fingerprint density at radius 3 is 3.04 bits per heavy atom. The minimum Gasteiger partial charge on any atom is -0.339 e. The van der Waals surface area contributed by atoms with Crippen molar-refractivity contribution in [1.29, 1.82) is 0 Å². The number of nitrogens with zero attached hydrogens (tertiary/aromatic N) is 3. The fourth-order valence-corrected chi connectivity index (χ4v) is 3.36. The van der Waals surface area contributed by atoms with E-state index in [1.807, 2.05) is 25.1 Å². The Labute approximate surface area is 145 Å². The van der Waals surface area contributed by atoms with Crippen LogP contribution in [0.1, 0.15) is 54.1 Å². The molecule has 0 aliphatic heterocycles. The number of pyridine rings is 2. The van der Waals surface area contributed by atoms with Gasteiger partial charge in [-0.05, 0) is 55.4 Å². The molecule has 0 spiro atoms. The zero-order valence-electron chi connectivity index (χ0n) is 14.4. The van der Waals surface area contributed by atoms with Crippen LogP contribution in [0.3, 0.4) is 0 Å². The van der Waals surface area contributed by atoms with Crippen molar-refractivity contribution in [1.82, 2.24) is 20.1 Å². The first-order valence-corrected chi connectivity index (χ1v) is 8.61. The Balaban J connectivity index is 1.64. The van der Waals surface area contributed by atoms with E-state index >= 15 is 0 Å². The van der Waals surface area contributed by atoms with Crippen LogP contribution in [-0.2, 0) is 12.8 Å². The van der Waals surface area contributed by atoms with Gasteiger partial charge in [0.25, 0.3) is 5.56 Å². The summed E-state index contributed by atoms with van der Waals surface area (Å²) in [5, 5.41) is 4.00. The first-order valence-electron chi connectivity index (χ1n) is 8.61. The molecule has 1 aliphatic carbocycles. The SMILES string of the molecule is Cc1ccc(Cc2nc(-c3cc4c([nH]c3=O)C(C)CCC4)no2)cn1. The van der Waals surface area contributed by atoms with Crippen molar-refractivity contribution >= 4 is 0 Å². The van der Waals surface area contributed by atoms with E-state index in [1.165, 1.54) is 5.56 Å². The fourth-order valence-electron chi connectivity index (χ4n) is 3.36. The second kappa shape index (κ2) is 6.27. The van der Waals surface area contributed by atoms with E-state index in [2.05, 4.69) is 27.0 Å². The number of rotatable bonds is 3. The van der Waals surface area contributed by atoms with Crippen LogP contribution >= 0.6 is 0 Å². The van der Waals surface area contributed by atoms with Gasteiger partial charge in [-0.15, -0.1) is 0 Å². The van der Waals surface area contributed by atoms with Crippen molar-refractivity contribution in [2.45, 2.75) is 45.4 Å². The summed E-state index contributed by atoms with van der Waals surface area (Å²) >= 11 is 0. The van der Waals surface area contributed by atoms with Crippen LogP contribution in [0.4, 0.5) is 0 Å². The van der Waals surface area contributed by atoms with Gasteiger partial charge in [-0.25, -0.2) is 0 Å². The summed E-state index contributed by atoms with van der Waals surface area (Å²) in [6.07, 6.45) is 5.52. The summed E-state index contributed by atoms with van der Waals surface area (Å²) < 4.78 is 5.33. The van der Waals surface area contributed by atoms with Crippen molar-refractivity contribution in [2.24, 2.45) is 0 Å². The minimum atomic E-state index is -0.156. The second-order valence-electron chi connectivity index (χ2n) is 6.74. The summed E-state index contributed by atoms with van der Waals surface area (Å²) in [4.78, 5) is 24.1. The largest absolute Gasteiger partial charge is 0.339 e. The topological polar surface area (TPSA) is 84.7 Å². The van der Waals surface area contributed by atoms with Crippen LogP contribution < -0.4 is 5.56 Å². The average Bonchev–Trinajstić information content (AvgIpc) is 3.06. The molecule has 25 heavy (non-hydrogen) atoms. The third kappa shape index (κ3) is 3.12. The number of aromatic amines is 1. The van der Waals surface area contributed by atoms with Gasteiger partial charge in [0.05, 0.1) is 12.0 Å². The maximum absolute atomic E-state index is 12.5. The van der Waals surface area contributed by atoms with Crippen LogP contribution in [0.2, 0.25) is 0 Å². The van der Waals surface area contributed by atoms with Crippen LogP contribution in [0.5, 0.6) is 0 Å². The maximum atomic E-state index is 12.5. The number of hydrogen-bond donors (Lipinski definition) is 1. The quantitative estimate of drug-likeness (QED) is 0.794. The van der Waals surface area contributed by atoms with Gasteiger partial charge in [-0.1, -0.05) is 18.1 Å². The Hall–Kier alpha value is -2.76. The first kappa shape index (κ1) is 15.7. The van der Waals surface area contributed by atoms with Gasteiger partial charge >= 0.3 is 0 Å². The van der Waals surface area contributed by atoms with Gasteiger partial charge in [-0.2, -0.15) is 4.98 Å². The van der Waals surface area contributed by atoms with Crippen molar-refractivity contribution in [3.8, 4) is 11.4 Å². The van der Waals surface area contributed by atoms with E-state index in [0.717, 1.165) is 36.2 Å². The Morgan fingerprint density at radius 2 is 2.24 bits per heavy atom. The van der Waals surface area contributed by atoms with Crippen LogP contribution in [0, 0.1) is 6.92 Å². The normalized spacial score (nSPS) is 16.6. The number of H-pyrrole nitrogens is 1. The number of aromatic nitrogens is 4. The standard InChI is InChI=1S/C19H20N4O2/c1-11-4-3-5-14-9-15(19(24)22-17(11)14)18-21-16(25-23-18)8-13-7-6-12(2)20-10-13/h6-7,9-11H,3-5,8H2,1-2H3,(H,22,24). The van der Waals surface area contributed by atoms with E-state index in [-0.39, 0.29) is 5.56 Å². The minimum absolute atomic E-state index is 0.156. The summed E-state index contributed by atoms with van der Waals surface area (Å²) in [5.41, 5.74) is 4.51. The molecule has 6 heteroatoms. The van der Waals surface area contributed by atoms with Crippen LogP contribution in [-0.4, -0.2) is 20.1 Å². The molecule has 1 unspecified atom stereocenters. The van der Waals surface area contributed by atoms with Crippen molar-refractivity contribution in [3.63, 3.8) is 0 Å². The summed E-state index contributed by atoms with van der Waals surface area (Å²) in [6, 6.07) is 5.85.